The molecular weight excluding hydrogens is 448 g/mol. The number of amides is 1. The SMILES string of the molecule is Cc1ccc(N2CCN(C)CC2)c2c1CC[C@@H](NC(=O)c1ccc(N3CCOCC3)cc1)C2.Cl. The number of carbonyl (C=O) groups excluding carboxylic acids is 1. The van der Waals surface area contributed by atoms with E-state index < -0.39 is 0 Å². The van der Waals surface area contributed by atoms with E-state index in [1.165, 1.54) is 22.4 Å². The molecule has 34 heavy (non-hydrogen) atoms. The first-order chi connectivity index (χ1) is 16.1. The van der Waals surface area contributed by atoms with Crippen molar-refractivity contribution in [2.45, 2.75) is 32.2 Å². The van der Waals surface area contributed by atoms with Gasteiger partial charge in [-0.2, -0.15) is 0 Å². The van der Waals surface area contributed by atoms with Gasteiger partial charge in [0.15, 0.2) is 0 Å². The average molecular weight is 485 g/mol. The van der Waals surface area contributed by atoms with Crippen molar-refractivity contribution < 1.29 is 9.53 Å². The Hall–Kier alpha value is -2.28. The van der Waals surface area contributed by atoms with Crippen LogP contribution in [0.1, 0.15) is 33.5 Å². The molecule has 0 unspecified atom stereocenters. The monoisotopic (exact) mass is 484 g/mol. The maximum absolute atomic E-state index is 13.0. The number of carbonyl (C=O) groups is 1. The topological polar surface area (TPSA) is 48.0 Å². The summed E-state index contributed by atoms with van der Waals surface area (Å²) < 4.78 is 5.44. The summed E-state index contributed by atoms with van der Waals surface area (Å²) in [5.74, 6) is 0.0331. The third-order valence-corrected chi connectivity index (χ3v) is 7.52. The second-order valence-corrected chi connectivity index (χ2v) is 9.71. The molecule has 2 aromatic carbocycles. The molecule has 1 atom stereocenters. The molecule has 2 heterocycles. The molecule has 1 N–H and O–H groups in total. The molecule has 3 aliphatic rings. The molecule has 5 rings (SSSR count). The summed E-state index contributed by atoms with van der Waals surface area (Å²) in [6, 6.07) is 12.8. The highest BCUT2D eigenvalue weighted by Crippen LogP contribution is 2.33. The smallest absolute Gasteiger partial charge is 0.251 e. The van der Waals surface area contributed by atoms with Crippen molar-refractivity contribution in [2.75, 3.05) is 69.3 Å². The van der Waals surface area contributed by atoms with Gasteiger partial charge in [0.25, 0.3) is 5.91 Å². The van der Waals surface area contributed by atoms with Gasteiger partial charge in [-0.1, -0.05) is 6.07 Å². The van der Waals surface area contributed by atoms with Crippen LogP contribution >= 0.6 is 12.4 Å². The van der Waals surface area contributed by atoms with E-state index in [9.17, 15) is 4.79 Å². The molecule has 2 saturated heterocycles. The number of hydrogen-bond acceptors (Lipinski definition) is 5. The van der Waals surface area contributed by atoms with Crippen molar-refractivity contribution in [2.24, 2.45) is 0 Å². The van der Waals surface area contributed by atoms with Crippen LogP contribution in [0.4, 0.5) is 11.4 Å². The summed E-state index contributed by atoms with van der Waals surface area (Å²) >= 11 is 0. The van der Waals surface area contributed by atoms with Gasteiger partial charge in [0, 0.05) is 62.2 Å². The first-order valence-electron chi connectivity index (χ1n) is 12.4. The van der Waals surface area contributed by atoms with Gasteiger partial charge in [0.2, 0.25) is 0 Å². The summed E-state index contributed by atoms with van der Waals surface area (Å²) in [7, 11) is 2.20. The predicted molar refractivity (Wildman–Crippen MR) is 141 cm³/mol. The molecular formula is C27H37ClN4O2. The number of hydrogen-bond donors (Lipinski definition) is 1. The molecule has 7 heteroatoms. The zero-order valence-corrected chi connectivity index (χ0v) is 21.2. The lowest BCUT2D eigenvalue weighted by molar-refractivity contribution is 0.0933. The Morgan fingerprint density at radius 2 is 1.62 bits per heavy atom. The van der Waals surface area contributed by atoms with Crippen LogP contribution in [0.3, 0.4) is 0 Å². The zero-order valence-electron chi connectivity index (χ0n) is 20.4. The van der Waals surface area contributed by atoms with Crippen molar-refractivity contribution in [3.8, 4) is 0 Å². The fraction of sp³-hybridized carbons (Fsp3) is 0.519. The Bertz CT molecular complexity index is 983. The Labute approximate surface area is 209 Å². The highest BCUT2D eigenvalue weighted by Gasteiger charge is 2.27. The highest BCUT2D eigenvalue weighted by atomic mass is 35.5. The summed E-state index contributed by atoms with van der Waals surface area (Å²) in [5, 5.41) is 3.33. The standard InChI is InChI=1S/C27H36N4O2.ClH/c1-20-3-10-26(31-13-11-29(2)12-14-31)25-19-22(6-9-24(20)25)28-27(32)21-4-7-23(8-5-21)30-15-17-33-18-16-30;/h3-5,7-8,10,22H,6,9,11-19H2,1-2H3,(H,28,32);1H/t22-;/m1./s1. The van der Waals surface area contributed by atoms with Gasteiger partial charge >= 0.3 is 0 Å². The number of aryl methyl sites for hydroxylation is 1. The number of nitrogens with one attached hydrogen (secondary N) is 1. The molecule has 6 nitrogen and oxygen atoms in total. The number of nitrogens with zero attached hydrogens (tertiary/aromatic N) is 3. The molecule has 2 aromatic rings. The Morgan fingerprint density at radius 3 is 2.32 bits per heavy atom. The number of piperazine rings is 1. The van der Waals surface area contributed by atoms with E-state index in [0.717, 1.165) is 83.0 Å². The molecule has 184 valence electrons. The quantitative estimate of drug-likeness (QED) is 0.721. The highest BCUT2D eigenvalue weighted by molar-refractivity contribution is 5.94. The Balaban J connectivity index is 0.00000274. The van der Waals surface area contributed by atoms with Crippen molar-refractivity contribution in [3.63, 3.8) is 0 Å². The van der Waals surface area contributed by atoms with E-state index in [-0.39, 0.29) is 24.4 Å². The van der Waals surface area contributed by atoms with E-state index in [0.29, 0.717) is 0 Å². The molecule has 1 amide bonds. The van der Waals surface area contributed by atoms with E-state index in [4.69, 9.17) is 4.74 Å². The maximum atomic E-state index is 13.0. The average Bonchev–Trinajstić information content (AvgIpc) is 2.86. The van der Waals surface area contributed by atoms with Crippen LogP contribution in [0, 0.1) is 6.92 Å². The normalized spacial score (nSPS) is 20.9. The zero-order chi connectivity index (χ0) is 22.8. The number of fused-ring (bicyclic) bond motifs is 1. The van der Waals surface area contributed by atoms with Crippen molar-refractivity contribution in [1.82, 2.24) is 10.2 Å². The maximum Gasteiger partial charge on any atom is 0.251 e. The minimum absolute atomic E-state index is 0. The van der Waals surface area contributed by atoms with Crippen LogP contribution < -0.4 is 15.1 Å². The number of ether oxygens (including phenoxy) is 1. The minimum atomic E-state index is 0. The Morgan fingerprint density at radius 1 is 0.912 bits per heavy atom. The molecule has 0 bridgehead atoms. The molecule has 0 spiro atoms. The summed E-state index contributed by atoms with van der Waals surface area (Å²) in [6.07, 6.45) is 2.94. The van der Waals surface area contributed by atoms with Crippen LogP contribution in [0.5, 0.6) is 0 Å². The van der Waals surface area contributed by atoms with Crippen molar-refractivity contribution in [1.29, 1.82) is 0 Å². The third kappa shape index (κ3) is 5.35. The molecule has 0 radical (unpaired) electrons. The second-order valence-electron chi connectivity index (χ2n) is 9.71. The second kappa shape index (κ2) is 11.0. The number of likely N-dealkylation sites (N-methyl/N-ethyl adjacent to an activating group) is 1. The molecule has 2 aliphatic heterocycles. The van der Waals surface area contributed by atoms with E-state index in [1.54, 1.807) is 0 Å². The largest absolute Gasteiger partial charge is 0.378 e. The van der Waals surface area contributed by atoms with E-state index in [1.807, 2.05) is 12.1 Å². The van der Waals surface area contributed by atoms with Crippen LogP contribution in [0.25, 0.3) is 0 Å². The summed E-state index contributed by atoms with van der Waals surface area (Å²) in [5.41, 5.74) is 7.59. The van der Waals surface area contributed by atoms with Gasteiger partial charge in [-0.05, 0) is 80.3 Å². The van der Waals surface area contributed by atoms with Crippen LogP contribution in [-0.4, -0.2) is 76.4 Å². The number of anilines is 2. The van der Waals surface area contributed by atoms with Crippen molar-refractivity contribution >= 4 is 29.7 Å². The Kier molecular flexibility index (Phi) is 8.02. The summed E-state index contributed by atoms with van der Waals surface area (Å²) in [4.78, 5) is 20.3. The van der Waals surface area contributed by atoms with Gasteiger partial charge in [0.1, 0.15) is 0 Å². The molecule has 1 aliphatic carbocycles. The molecule has 0 aromatic heterocycles. The molecule has 0 saturated carbocycles. The minimum Gasteiger partial charge on any atom is -0.378 e. The van der Waals surface area contributed by atoms with Gasteiger partial charge in [0.05, 0.1) is 13.2 Å². The van der Waals surface area contributed by atoms with Gasteiger partial charge < -0.3 is 24.8 Å². The number of halogens is 1. The van der Waals surface area contributed by atoms with Crippen LogP contribution in [0.2, 0.25) is 0 Å². The fourth-order valence-corrected chi connectivity index (χ4v) is 5.42. The van der Waals surface area contributed by atoms with Crippen molar-refractivity contribution in [3.05, 3.63) is 58.7 Å². The fourth-order valence-electron chi connectivity index (χ4n) is 5.42. The number of benzene rings is 2. The number of morpholine rings is 1. The summed E-state index contributed by atoms with van der Waals surface area (Å²) in [6.45, 7) is 9.90. The number of rotatable bonds is 4. The lowest BCUT2D eigenvalue weighted by Crippen LogP contribution is -2.45. The van der Waals surface area contributed by atoms with Gasteiger partial charge in [-0.25, -0.2) is 0 Å². The van der Waals surface area contributed by atoms with E-state index >= 15 is 0 Å². The third-order valence-electron chi connectivity index (χ3n) is 7.52. The first-order valence-corrected chi connectivity index (χ1v) is 12.4. The predicted octanol–water partition coefficient (Wildman–Crippen LogP) is 3.29. The van der Waals surface area contributed by atoms with Gasteiger partial charge in [-0.15, -0.1) is 12.4 Å². The van der Waals surface area contributed by atoms with Crippen LogP contribution in [0.15, 0.2) is 36.4 Å². The molecule has 2 fully saturated rings. The lowest BCUT2D eigenvalue weighted by Gasteiger charge is -2.37. The van der Waals surface area contributed by atoms with E-state index in [2.05, 4.69) is 58.3 Å². The van der Waals surface area contributed by atoms with Crippen LogP contribution in [-0.2, 0) is 17.6 Å². The lowest BCUT2D eigenvalue weighted by atomic mass is 9.84. The first kappa shape index (κ1) is 24.8. The van der Waals surface area contributed by atoms with Gasteiger partial charge in [-0.3, -0.25) is 4.79 Å².